The molecular formula is C11H10ClF3N2OS. The van der Waals surface area contributed by atoms with Gasteiger partial charge in [-0.3, -0.25) is 9.79 Å². The lowest BCUT2D eigenvalue weighted by Gasteiger charge is -2.06. The van der Waals surface area contributed by atoms with Gasteiger partial charge < -0.3 is 0 Å². The summed E-state index contributed by atoms with van der Waals surface area (Å²) < 4.78 is 36.3. The van der Waals surface area contributed by atoms with Crippen LogP contribution < -0.4 is 0 Å². The molecule has 19 heavy (non-hydrogen) atoms. The normalized spacial score (nSPS) is 12.6. The van der Waals surface area contributed by atoms with E-state index in [0.717, 1.165) is 11.8 Å². The van der Waals surface area contributed by atoms with Gasteiger partial charge in [0.2, 0.25) is 5.78 Å². The number of rotatable bonds is 4. The van der Waals surface area contributed by atoms with E-state index in [4.69, 9.17) is 11.6 Å². The first-order chi connectivity index (χ1) is 8.82. The molecule has 0 saturated carbocycles. The number of hydrogen-bond acceptors (Lipinski definition) is 4. The van der Waals surface area contributed by atoms with Crippen LogP contribution in [0.4, 0.5) is 13.2 Å². The average Bonchev–Trinajstić information content (AvgIpc) is 2.35. The maximum Gasteiger partial charge on any atom is 0.450 e. The van der Waals surface area contributed by atoms with Crippen LogP contribution in [0.1, 0.15) is 12.0 Å². The van der Waals surface area contributed by atoms with Crippen molar-refractivity contribution < 1.29 is 18.0 Å². The number of alkyl halides is 3. The maximum absolute atomic E-state index is 12.1. The molecule has 0 aliphatic heterocycles. The fourth-order valence-corrected chi connectivity index (χ4v) is 1.69. The minimum atomic E-state index is -4.82. The van der Waals surface area contributed by atoms with Crippen molar-refractivity contribution in [1.82, 2.24) is 4.98 Å². The largest absolute Gasteiger partial charge is 0.450 e. The summed E-state index contributed by atoms with van der Waals surface area (Å²) in [5.41, 5.74) is 0.704. The lowest BCUT2D eigenvalue weighted by Crippen LogP contribution is -2.24. The summed E-state index contributed by atoms with van der Waals surface area (Å²) in [7, 11) is 0. The van der Waals surface area contributed by atoms with E-state index >= 15 is 0 Å². The van der Waals surface area contributed by atoms with E-state index in [-0.39, 0.29) is 11.6 Å². The number of aliphatic imine (C=N–C) groups is 1. The number of thioether (sulfide) groups is 1. The molecule has 0 bridgehead atoms. The van der Waals surface area contributed by atoms with Crippen molar-refractivity contribution in [3.05, 3.63) is 29.0 Å². The summed E-state index contributed by atoms with van der Waals surface area (Å²) in [5, 5.41) is 0.461. The van der Waals surface area contributed by atoms with Gasteiger partial charge in [-0.05, 0) is 17.9 Å². The van der Waals surface area contributed by atoms with Crippen molar-refractivity contribution in [1.29, 1.82) is 0 Å². The van der Waals surface area contributed by atoms with Gasteiger partial charge in [0.1, 0.15) is 5.15 Å². The maximum atomic E-state index is 12.1. The zero-order valence-corrected chi connectivity index (χ0v) is 11.4. The highest BCUT2D eigenvalue weighted by molar-refractivity contribution is 8.13. The fraction of sp³-hybridized carbons (Fsp3) is 0.364. The Balaban J connectivity index is 2.67. The van der Waals surface area contributed by atoms with E-state index in [1.807, 2.05) is 0 Å². The Morgan fingerprint density at radius 1 is 1.47 bits per heavy atom. The van der Waals surface area contributed by atoms with E-state index < -0.39 is 18.4 Å². The molecule has 0 fully saturated rings. The number of halogens is 4. The first-order valence-corrected chi connectivity index (χ1v) is 6.71. The molecule has 1 aromatic heterocycles. The summed E-state index contributed by atoms with van der Waals surface area (Å²) in [6.07, 6.45) is -2.50. The van der Waals surface area contributed by atoms with Crippen LogP contribution in [0.5, 0.6) is 0 Å². The number of Topliss-reactive ketones (excluding diaryl/α,β-unsaturated/α-hetero) is 1. The van der Waals surface area contributed by atoms with Gasteiger partial charge in [-0.25, -0.2) is 4.98 Å². The molecule has 1 aromatic rings. The van der Waals surface area contributed by atoms with Gasteiger partial charge in [-0.2, -0.15) is 13.2 Å². The molecule has 0 amide bonds. The van der Waals surface area contributed by atoms with Crippen molar-refractivity contribution in [2.45, 2.75) is 19.1 Å². The summed E-state index contributed by atoms with van der Waals surface area (Å²) in [5.74, 6) is -1.80. The van der Waals surface area contributed by atoms with Crippen LogP contribution in [0.3, 0.4) is 0 Å². The molecule has 1 rings (SSSR count). The van der Waals surface area contributed by atoms with Crippen LogP contribution in [-0.2, 0) is 11.3 Å². The Hall–Kier alpha value is -1.08. The summed E-state index contributed by atoms with van der Waals surface area (Å²) in [6.45, 7) is 0.158. The molecule has 0 atom stereocenters. The number of hydrogen-bond donors (Lipinski definition) is 0. The van der Waals surface area contributed by atoms with Gasteiger partial charge in [0.05, 0.1) is 18.0 Å². The Morgan fingerprint density at radius 3 is 2.63 bits per heavy atom. The topological polar surface area (TPSA) is 42.3 Å². The van der Waals surface area contributed by atoms with E-state index in [9.17, 15) is 18.0 Å². The van der Waals surface area contributed by atoms with Crippen LogP contribution >= 0.6 is 23.4 Å². The standard InChI is InChI=1S/C11H10ClF3N2OS/c1-19-10(4-8(18)11(13,14)15)17-6-7-2-3-9(12)16-5-7/h2-3,5H,4,6H2,1H3. The SMILES string of the molecule is CSC(CC(=O)C(F)(F)F)=NCc1ccc(Cl)nc1. The van der Waals surface area contributed by atoms with Crippen LogP contribution in [0.25, 0.3) is 0 Å². The Kier molecular flexibility index (Phi) is 5.81. The van der Waals surface area contributed by atoms with E-state index in [2.05, 4.69) is 9.98 Å². The lowest BCUT2D eigenvalue weighted by molar-refractivity contribution is -0.169. The predicted molar refractivity (Wildman–Crippen MR) is 69.6 cm³/mol. The van der Waals surface area contributed by atoms with Gasteiger partial charge in [0, 0.05) is 6.20 Å². The molecule has 0 aliphatic carbocycles. The minimum Gasteiger partial charge on any atom is -0.289 e. The van der Waals surface area contributed by atoms with Crippen LogP contribution in [0, 0.1) is 0 Å². The van der Waals surface area contributed by atoms with Crippen molar-refractivity contribution in [2.24, 2.45) is 4.99 Å². The monoisotopic (exact) mass is 310 g/mol. The predicted octanol–water partition coefficient (Wildman–Crippen LogP) is 3.52. The summed E-state index contributed by atoms with van der Waals surface area (Å²) in [6, 6.07) is 3.23. The lowest BCUT2D eigenvalue weighted by atomic mass is 10.3. The van der Waals surface area contributed by atoms with Gasteiger partial charge in [0.15, 0.2) is 0 Å². The second-order valence-electron chi connectivity index (χ2n) is 3.50. The second kappa shape index (κ2) is 6.91. The smallest absolute Gasteiger partial charge is 0.289 e. The number of aromatic nitrogens is 1. The zero-order chi connectivity index (χ0) is 14.5. The van der Waals surface area contributed by atoms with Crippen molar-refractivity contribution in [3.63, 3.8) is 0 Å². The average molecular weight is 311 g/mol. The third-order valence-electron chi connectivity index (χ3n) is 2.09. The molecule has 0 aromatic carbocycles. The molecular weight excluding hydrogens is 301 g/mol. The van der Waals surface area contributed by atoms with E-state index in [0.29, 0.717) is 10.7 Å². The highest BCUT2D eigenvalue weighted by atomic mass is 35.5. The van der Waals surface area contributed by atoms with Crippen molar-refractivity contribution >= 4 is 34.2 Å². The summed E-state index contributed by atoms with van der Waals surface area (Å²) in [4.78, 5) is 18.6. The molecule has 8 heteroatoms. The van der Waals surface area contributed by atoms with Gasteiger partial charge in [0.25, 0.3) is 0 Å². The van der Waals surface area contributed by atoms with Crippen molar-refractivity contribution in [3.8, 4) is 0 Å². The fourth-order valence-electron chi connectivity index (χ4n) is 1.11. The van der Waals surface area contributed by atoms with Crippen molar-refractivity contribution in [2.75, 3.05) is 6.26 Å². The molecule has 3 nitrogen and oxygen atoms in total. The molecule has 104 valence electrons. The first-order valence-electron chi connectivity index (χ1n) is 5.10. The molecule has 0 radical (unpaired) electrons. The molecule has 0 unspecified atom stereocenters. The van der Waals surface area contributed by atoms with Crippen LogP contribution in [0.2, 0.25) is 5.15 Å². The molecule has 0 saturated heterocycles. The molecule has 0 N–H and O–H groups in total. The minimum absolute atomic E-state index is 0.136. The Labute approximate surface area is 117 Å². The Bertz CT molecular complexity index is 474. The van der Waals surface area contributed by atoms with Crippen LogP contribution in [-0.4, -0.2) is 28.2 Å². The number of nitrogens with zero attached hydrogens (tertiary/aromatic N) is 2. The van der Waals surface area contributed by atoms with E-state index in [1.54, 1.807) is 18.4 Å². The molecule has 0 aliphatic rings. The van der Waals surface area contributed by atoms with E-state index in [1.165, 1.54) is 6.20 Å². The quantitative estimate of drug-likeness (QED) is 0.485. The highest BCUT2D eigenvalue weighted by Gasteiger charge is 2.38. The number of carbonyl (C=O) groups is 1. The zero-order valence-electron chi connectivity index (χ0n) is 9.87. The number of carbonyl (C=O) groups excluding carboxylic acids is 1. The van der Waals surface area contributed by atoms with Gasteiger partial charge in [-0.15, -0.1) is 11.8 Å². The third-order valence-corrected chi connectivity index (χ3v) is 3.06. The summed E-state index contributed by atoms with van der Waals surface area (Å²) >= 11 is 6.62. The highest BCUT2D eigenvalue weighted by Crippen LogP contribution is 2.20. The number of pyridine rings is 1. The molecule has 1 heterocycles. The third kappa shape index (κ3) is 5.61. The van der Waals surface area contributed by atoms with Gasteiger partial charge in [-0.1, -0.05) is 17.7 Å². The second-order valence-corrected chi connectivity index (χ2v) is 4.77. The Morgan fingerprint density at radius 2 is 2.16 bits per heavy atom. The van der Waals surface area contributed by atoms with Crippen LogP contribution in [0.15, 0.2) is 23.3 Å². The first kappa shape index (κ1) is 16.0. The molecule has 0 spiro atoms. The number of ketones is 1. The van der Waals surface area contributed by atoms with Gasteiger partial charge >= 0.3 is 6.18 Å².